The van der Waals surface area contributed by atoms with Crippen molar-refractivity contribution in [3.8, 4) is 33.6 Å². The lowest BCUT2D eigenvalue weighted by Gasteiger charge is -2.26. The van der Waals surface area contributed by atoms with Crippen LogP contribution >= 0.6 is 0 Å². The number of H-pyrrole nitrogens is 2. The smallest absolute Gasteiger partial charge is 0.249 e. The van der Waals surface area contributed by atoms with Crippen LogP contribution < -0.4 is 10.6 Å². The summed E-state index contributed by atoms with van der Waals surface area (Å²) in [5.74, 6) is 1.67. The summed E-state index contributed by atoms with van der Waals surface area (Å²) < 4.78 is 11.4. The Morgan fingerprint density at radius 3 is 1.33 bits per heavy atom. The van der Waals surface area contributed by atoms with E-state index < -0.39 is 0 Å². The molecule has 48 heavy (non-hydrogen) atoms. The molecule has 2 aliphatic heterocycles. The first kappa shape index (κ1) is 33.6. The van der Waals surface area contributed by atoms with Crippen LogP contribution in [0, 0.1) is 11.8 Å². The Hall–Kier alpha value is -4.28. The van der Waals surface area contributed by atoms with Crippen LogP contribution in [0.3, 0.4) is 0 Å². The first-order valence-electron chi connectivity index (χ1n) is 17.4. The van der Waals surface area contributed by atoms with Crippen molar-refractivity contribution < 1.29 is 19.1 Å². The number of aromatic amines is 2. The van der Waals surface area contributed by atoms with Crippen LogP contribution in [0.1, 0.15) is 90.0 Å². The second-order valence-corrected chi connectivity index (χ2v) is 13.7. The minimum absolute atomic E-state index is 0.0664. The van der Waals surface area contributed by atoms with Crippen molar-refractivity contribution in [2.45, 2.75) is 90.5 Å². The first-order chi connectivity index (χ1) is 23.3. The van der Waals surface area contributed by atoms with E-state index in [1.807, 2.05) is 12.4 Å². The topological polar surface area (TPSA) is 134 Å². The maximum atomic E-state index is 12.9. The number of benzene rings is 2. The third-order valence-corrected chi connectivity index (χ3v) is 9.38. The number of carbonyl (C=O) groups excluding carboxylic acids is 2. The van der Waals surface area contributed by atoms with E-state index in [2.05, 4.69) is 107 Å². The second-order valence-electron chi connectivity index (χ2n) is 13.7. The molecule has 4 aromatic rings. The summed E-state index contributed by atoms with van der Waals surface area (Å²) in [7, 11) is 0. The molecular formula is C38H48N6O4. The molecule has 2 aliphatic rings. The fraction of sp³-hybridized carbons (Fsp3) is 0.474. The zero-order valence-electron chi connectivity index (χ0n) is 28.4. The number of amides is 2. The average molecular weight is 653 g/mol. The fourth-order valence-corrected chi connectivity index (χ4v) is 6.46. The Labute approximate surface area is 282 Å². The van der Waals surface area contributed by atoms with Gasteiger partial charge >= 0.3 is 0 Å². The summed E-state index contributed by atoms with van der Waals surface area (Å²) in [5.41, 5.74) is 6.04. The maximum Gasteiger partial charge on any atom is 0.249 e. The van der Waals surface area contributed by atoms with Gasteiger partial charge in [-0.1, -0.05) is 76.2 Å². The molecule has 2 amide bonds. The average Bonchev–Trinajstić information content (AvgIpc) is 3.81. The largest absolute Gasteiger partial charge is 0.368 e. The molecule has 4 heterocycles. The standard InChI is InChI=1S/C38H48N6O4/c1-23(2)33(43-37(45)31-9-5-7-19-47-31)35-39-21-29(41-35)27-15-11-25(12-16-27)26-13-17-28(18-14-26)30-22-40-36(42-30)34(24(3)4)44-38(46)32-10-6-8-20-48-32/h11-18,21-24,31-34H,5-10,19-20H2,1-4H3,(H,39,41)(H,40,42)(H,43,45)(H,44,46)/t31-,32+,33-,34-/m0/s1. The number of nitrogens with one attached hydrogen (secondary N) is 4. The van der Waals surface area contributed by atoms with Gasteiger partial charge in [-0.2, -0.15) is 0 Å². The van der Waals surface area contributed by atoms with Crippen LogP contribution in [-0.4, -0.2) is 57.2 Å². The normalized spacial score (nSPS) is 19.6. The molecule has 4 N–H and O–H groups in total. The molecule has 0 aliphatic carbocycles. The maximum absolute atomic E-state index is 12.9. The van der Waals surface area contributed by atoms with Gasteiger partial charge in [-0.25, -0.2) is 9.97 Å². The molecule has 2 saturated heterocycles. The highest BCUT2D eigenvalue weighted by Crippen LogP contribution is 2.29. The van der Waals surface area contributed by atoms with Gasteiger partial charge in [-0.3, -0.25) is 9.59 Å². The van der Waals surface area contributed by atoms with E-state index in [-0.39, 0.29) is 47.9 Å². The highest BCUT2D eigenvalue weighted by molar-refractivity contribution is 5.82. The number of aromatic nitrogens is 4. The molecule has 0 radical (unpaired) electrons. The second kappa shape index (κ2) is 15.3. The molecule has 254 valence electrons. The predicted molar refractivity (Wildman–Crippen MR) is 186 cm³/mol. The van der Waals surface area contributed by atoms with E-state index in [1.54, 1.807) is 0 Å². The molecular weight excluding hydrogens is 604 g/mol. The van der Waals surface area contributed by atoms with Crippen molar-refractivity contribution in [3.63, 3.8) is 0 Å². The summed E-state index contributed by atoms with van der Waals surface area (Å²) in [6.07, 6.45) is 8.45. The molecule has 6 rings (SSSR count). The molecule has 10 nitrogen and oxygen atoms in total. The highest BCUT2D eigenvalue weighted by Gasteiger charge is 2.29. The van der Waals surface area contributed by atoms with Gasteiger partial charge in [0.25, 0.3) is 0 Å². The lowest BCUT2D eigenvalue weighted by Crippen LogP contribution is -2.42. The van der Waals surface area contributed by atoms with Crippen molar-refractivity contribution >= 4 is 11.8 Å². The number of imidazole rings is 2. The summed E-state index contributed by atoms with van der Waals surface area (Å²) in [6, 6.07) is 16.3. The Morgan fingerprint density at radius 2 is 1.00 bits per heavy atom. The minimum atomic E-state index is -0.383. The van der Waals surface area contributed by atoms with Gasteiger partial charge < -0.3 is 30.1 Å². The molecule has 0 unspecified atom stereocenters. The molecule has 10 heteroatoms. The Balaban J connectivity index is 1.10. The SMILES string of the molecule is CC(C)[C@H](NC(=O)[C@@H]1CCCCO1)c1ncc(-c2ccc(-c3ccc(-c4cnc([C@@H](NC(=O)[C@H]5CCCCO5)C(C)C)[nH]4)cc3)cc2)[nH]1. The third-order valence-electron chi connectivity index (χ3n) is 9.38. The van der Waals surface area contributed by atoms with Gasteiger partial charge in [0.1, 0.15) is 23.9 Å². The van der Waals surface area contributed by atoms with Crippen LogP contribution in [-0.2, 0) is 19.1 Å². The lowest BCUT2D eigenvalue weighted by atomic mass is 10.0. The minimum Gasteiger partial charge on any atom is -0.368 e. The van der Waals surface area contributed by atoms with E-state index in [9.17, 15) is 9.59 Å². The van der Waals surface area contributed by atoms with E-state index in [1.165, 1.54) is 0 Å². The van der Waals surface area contributed by atoms with Crippen molar-refractivity contribution in [2.24, 2.45) is 11.8 Å². The Morgan fingerprint density at radius 1 is 0.625 bits per heavy atom. The van der Waals surface area contributed by atoms with Crippen LogP contribution in [0.2, 0.25) is 0 Å². The number of hydrogen-bond acceptors (Lipinski definition) is 6. The van der Waals surface area contributed by atoms with E-state index in [0.29, 0.717) is 13.2 Å². The summed E-state index contributed by atoms with van der Waals surface area (Å²) >= 11 is 0. The fourth-order valence-electron chi connectivity index (χ4n) is 6.46. The number of carbonyl (C=O) groups is 2. The highest BCUT2D eigenvalue weighted by atomic mass is 16.5. The molecule has 0 saturated carbocycles. The molecule has 2 aromatic heterocycles. The zero-order valence-corrected chi connectivity index (χ0v) is 28.4. The molecule has 0 spiro atoms. The number of rotatable bonds is 11. The summed E-state index contributed by atoms with van der Waals surface area (Å²) in [6.45, 7) is 9.59. The lowest BCUT2D eigenvalue weighted by molar-refractivity contribution is -0.137. The van der Waals surface area contributed by atoms with Gasteiger partial charge in [0.2, 0.25) is 11.8 Å². The molecule has 2 aromatic carbocycles. The summed E-state index contributed by atoms with van der Waals surface area (Å²) in [5, 5.41) is 6.32. The van der Waals surface area contributed by atoms with Gasteiger partial charge in [-0.05, 0) is 72.6 Å². The van der Waals surface area contributed by atoms with Gasteiger partial charge in [0.05, 0.1) is 35.9 Å². The van der Waals surface area contributed by atoms with Gasteiger partial charge in [0.15, 0.2) is 0 Å². The van der Waals surface area contributed by atoms with Crippen LogP contribution in [0.15, 0.2) is 60.9 Å². The van der Waals surface area contributed by atoms with Gasteiger partial charge in [-0.15, -0.1) is 0 Å². The van der Waals surface area contributed by atoms with E-state index in [0.717, 1.165) is 83.8 Å². The van der Waals surface area contributed by atoms with Gasteiger partial charge in [0, 0.05) is 13.2 Å². The monoisotopic (exact) mass is 652 g/mol. The molecule has 2 fully saturated rings. The zero-order chi connectivity index (χ0) is 33.6. The van der Waals surface area contributed by atoms with Crippen molar-refractivity contribution in [2.75, 3.05) is 13.2 Å². The summed E-state index contributed by atoms with van der Waals surface area (Å²) in [4.78, 5) is 41.9. The van der Waals surface area contributed by atoms with Crippen LogP contribution in [0.4, 0.5) is 0 Å². The van der Waals surface area contributed by atoms with Crippen molar-refractivity contribution in [1.29, 1.82) is 0 Å². The molecule has 0 bridgehead atoms. The van der Waals surface area contributed by atoms with Crippen LogP contribution in [0.25, 0.3) is 33.6 Å². The number of nitrogens with zero attached hydrogens (tertiary/aromatic N) is 2. The van der Waals surface area contributed by atoms with E-state index >= 15 is 0 Å². The first-order valence-corrected chi connectivity index (χ1v) is 17.4. The number of hydrogen-bond donors (Lipinski definition) is 4. The Bertz CT molecular complexity index is 1520. The van der Waals surface area contributed by atoms with Crippen LogP contribution in [0.5, 0.6) is 0 Å². The Kier molecular flexibility index (Phi) is 10.7. The van der Waals surface area contributed by atoms with Crippen molar-refractivity contribution in [3.05, 3.63) is 72.6 Å². The predicted octanol–water partition coefficient (Wildman–Crippen LogP) is 6.90. The third kappa shape index (κ3) is 7.88. The number of ether oxygens (including phenoxy) is 2. The van der Waals surface area contributed by atoms with E-state index in [4.69, 9.17) is 9.47 Å². The van der Waals surface area contributed by atoms with Crippen molar-refractivity contribution in [1.82, 2.24) is 30.6 Å². The quantitative estimate of drug-likeness (QED) is 0.139. The molecule has 4 atom stereocenters.